The third-order valence-electron chi connectivity index (χ3n) is 3.76. The molecule has 22 heavy (non-hydrogen) atoms. The summed E-state index contributed by atoms with van der Waals surface area (Å²) in [5, 5.41) is 0. The van der Waals surface area contributed by atoms with Crippen molar-refractivity contribution in [1.82, 2.24) is 9.21 Å². The summed E-state index contributed by atoms with van der Waals surface area (Å²) in [6.45, 7) is 1.27. The molecule has 1 amide bonds. The van der Waals surface area contributed by atoms with E-state index in [2.05, 4.69) is 0 Å². The van der Waals surface area contributed by atoms with Crippen molar-refractivity contribution in [3.05, 3.63) is 35.6 Å². The Labute approximate surface area is 130 Å². The lowest BCUT2D eigenvalue weighted by molar-refractivity contribution is -0.132. The average molecular weight is 328 g/mol. The second kappa shape index (κ2) is 7.19. The highest BCUT2D eigenvalue weighted by atomic mass is 32.2. The lowest BCUT2D eigenvalue weighted by Gasteiger charge is -2.29. The van der Waals surface area contributed by atoms with Gasteiger partial charge in [0.25, 0.3) is 0 Å². The number of piperidine rings is 1. The summed E-state index contributed by atoms with van der Waals surface area (Å²) in [4.78, 5) is 14.0. The molecule has 5 nitrogen and oxygen atoms in total. The van der Waals surface area contributed by atoms with E-state index in [1.54, 1.807) is 4.90 Å². The maximum absolute atomic E-state index is 12.9. The van der Waals surface area contributed by atoms with Gasteiger partial charge < -0.3 is 4.90 Å². The van der Waals surface area contributed by atoms with Gasteiger partial charge in [-0.05, 0) is 37.0 Å². The standard InChI is InChI=1S/C15H21FN2O3S/c1-22(20,21)18(11-13-5-7-14(16)8-6-13)12-15(19)17-9-3-2-4-10-17/h5-8H,2-4,9-12H2,1H3. The zero-order chi connectivity index (χ0) is 16.2. The molecule has 0 aliphatic carbocycles. The van der Waals surface area contributed by atoms with Crippen LogP contribution in [0, 0.1) is 5.82 Å². The summed E-state index contributed by atoms with van der Waals surface area (Å²) in [5.41, 5.74) is 0.651. The maximum atomic E-state index is 12.9. The van der Waals surface area contributed by atoms with E-state index in [0.717, 1.165) is 29.8 Å². The average Bonchev–Trinajstić information content (AvgIpc) is 2.48. The van der Waals surface area contributed by atoms with Gasteiger partial charge in [-0.25, -0.2) is 12.8 Å². The Morgan fingerprint density at radius 3 is 2.32 bits per heavy atom. The second-order valence-corrected chi connectivity index (χ2v) is 7.58. The van der Waals surface area contributed by atoms with Gasteiger partial charge in [-0.3, -0.25) is 4.79 Å². The normalized spacial score (nSPS) is 16.0. The Hall–Kier alpha value is -1.47. The summed E-state index contributed by atoms with van der Waals surface area (Å²) in [6.07, 6.45) is 4.11. The van der Waals surface area contributed by atoms with Crippen molar-refractivity contribution in [3.63, 3.8) is 0 Å². The van der Waals surface area contributed by atoms with Gasteiger partial charge in [-0.2, -0.15) is 4.31 Å². The van der Waals surface area contributed by atoms with Crippen LogP contribution >= 0.6 is 0 Å². The number of benzene rings is 1. The van der Waals surface area contributed by atoms with E-state index in [0.29, 0.717) is 18.7 Å². The molecule has 0 N–H and O–H groups in total. The number of halogens is 1. The van der Waals surface area contributed by atoms with Crippen molar-refractivity contribution in [2.45, 2.75) is 25.8 Å². The van der Waals surface area contributed by atoms with Crippen LogP contribution in [0.4, 0.5) is 4.39 Å². The van der Waals surface area contributed by atoms with Gasteiger partial charge in [0, 0.05) is 19.6 Å². The number of hydrogen-bond donors (Lipinski definition) is 0. The lowest BCUT2D eigenvalue weighted by atomic mass is 10.1. The van der Waals surface area contributed by atoms with Crippen LogP contribution < -0.4 is 0 Å². The molecule has 1 fully saturated rings. The van der Waals surface area contributed by atoms with E-state index < -0.39 is 10.0 Å². The van der Waals surface area contributed by atoms with Gasteiger partial charge in [0.15, 0.2) is 0 Å². The zero-order valence-corrected chi connectivity index (χ0v) is 13.5. The maximum Gasteiger partial charge on any atom is 0.237 e. The van der Waals surface area contributed by atoms with Crippen molar-refractivity contribution in [3.8, 4) is 0 Å². The summed E-state index contributed by atoms with van der Waals surface area (Å²) >= 11 is 0. The second-order valence-electron chi connectivity index (χ2n) is 5.60. The number of carbonyl (C=O) groups is 1. The molecular weight excluding hydrogens is 307 g/mol. The number of rotatable bonds is 5. The van der Waals surface area contributed by atoms with Crippen LogP contribution in [0.3, 0.4) is 0 Å². The highest BCUT2D eigenvalue weighted by molar-refractivity contribution is 7.88. The molecule has 0 spiro atoms. The Morgan fingerprint density at radius 2 is 1.77 bits per heavy atom. The van der Waals surface area contributed by atoms with Crippen molar-refractivity contribution in [2.75, 3.05) is 25.9 Å². The van der Waals surface area contributed by atoms with Gasteiger partial charge in [0.2, 0.25) is 15.9 Å². The molecule has 1 aromatic rings. The van der Waals surface area contributed by atoms with Crippen molar-refractivity contribution < 1.29 is 17.6 Å². The molecular formula is C15H21FN2O3S. The van der Waals surface area contributed by atoms with Crippen molar-refractivity contribution in [1.29, 1.82) is 0 Å². The van der Waals surface area contributed by atoms with Crippen LogP contribution in [0.2, 0.25) is 0 Å². The smallest absolute Gasteiger partial charge is 0.237 e. The number of nitrogens with zero attached hydrogens (tertiary/aromatic N) is 2. The highest BCUT2D eigenvalue weighted by Gasteiger charge is 2.24. The fraction of sp³-hybridized carbons (Fsp3) is 0.533. The third kappa shape index (κ3) is 4.78. The minimum absolute atomic E-state index is 0.0681. The number of amides is 1. The third-order valence-corrected chi connectivity index (χ3v) is 4.96. The quantitative estimate of drug-likeness (QED) is 0.825. The molecule has 0 bridgehead atoms. The van der Waals surface area contributed by atoms with Crippen LogP contribution in [0.5, 0.6) is 0 Å². The van der Waals surface area contributed by atoms with Crippen LogP contribution in [0.1, 0.15) is 24.8 Å². The number of hydrogen-bond acceptors (Lipinski definition) is 3. The minimum atomic E-state index is -3.51. The molecule has 1 aliphatic heterocycles. The first-order chi connectivity index (χ1) is 10.4. The number of sulfonamides is 1. The molecule has 0 saturated carbocycles. The Morgan fingerprint density at radius 1 is 1.18 bits per heavy atom. The molecule has 1 heterocycles. The topological polar surface area (TPSA) is 57.7 Å². The van der Waals surface area contributed by atoms with Gasteiger partial charge in [0.1, 0.15) is 5.82 Å². The molecule has 122 valence electrons. The fourth-order valence-corrected chi connectivity index (χ4v) is 3.21. The van der Waals surface area contributed by atoms with E-state index in [-0.39, 0.29) is 24.8 Å². The first-order valence-corrected chi connectivity index (χ1v) is 9.18. The van der Waals surface area contributed by atoms with Gasteiger partial charge in [-0.1, -0.05) is 12.1 Å². The molecule has 2 rings (SSSR count). The van der Waals surface area contributed by atoms with Crippen LogP contribution in [0.25, 0.3) is 0 Å². The first kappa shape index (κ1) is 16.9. The Balaban J connectivity index is 2.06. The molecule has 1 aromatic carbocycles. The minimum Gasteiger partial charge on any atom is -0.342 e. The molecule has 0 aromatic heterocycles. The highest BCUT2D eigenvalue weighted by Crippen LogP contribution is 2.13. The molecule has 0 unspecified atom stereocenters. The predicted octanol–water partition coefficient (Wildman–Crippen LogP) is 1.60. The van der Waals surface area contributed by atoms with Gasteiger partial charge in [0.05, 0.1) is 12.8 Å². The number of carbonyl (C=O) groups excluding carboxylic acids is 1. The van der Waals surface area contributed by atoms with E-state index in [1.807, 2.05) is 0 Å². The summed E-state index contributed by atoms with van der Waals surface area (Å²) in [7, 11) is -3.51. The predicted molar refractivity (Wildman–Crippen MR) is 82.1 cm³/mol. The molecule has 0 radical (unpaired) electrons. The molecule has 0 atom stereocenters. The summed E-state index contributed by atoms with van der Waals surface area (Å²) in [5.74, 6) is -0.550. The lowest BCUT2D eigenvalue weighted by Crippen LogP contribution is -2.44. The molecule has 1 aliphatic rings. The SMILES string of the molecule is CS(=O)(=O)N(CC(=O)N1CCCCC1)Cc1ccc(F)cc1. The van der Waals surface area contributed by atoms with Gasteiger partial charge >= 0.3 is 0 Å². The Bertz CT molecular complexity index is 610. The van der Waals surface area contributed by atoms with Crippen molar-refractivity contribution in [2.24, 2.45) is 0 Å². The van der Waals surface area contributed by atoms with Crippen LogP contribution in [-0.2, 0) is 21.4 Å². The summed E-state index contributed by atoms with van der Waals surface area (Å²) in [6, 6.07) is 5.61. The Kier molecular flexibility index (Phi) is 5.52. The van der Waals surface area contributed by atoms with E-state index >= 15 is 0 Å². The van der Waals surface area contributed by atoms with E-state index in [4.69, 9.17) is 0 Å². The van der Waals surface area contributed by atoms with Crippen LogP contribution in [-0.4, -0.2) is 49.4 Å². The number of likely N-dealkylation sites (tertiary alicyclic amines) is 1. The van der Waals surface area contributed by atoms with Crippen molar-refractivity contribution >= 4 is 15.9 Å². The largest absolute Gasteiger partial charge is 0.342 e. The molecule has 7 heteroatoms. The summed E-state index contributed by atoms with van der Waals surface area (Å²) < 4.78 is 37.9. The molecule has 1 saturated heterocycles. The van der Waals surface area contributed by atoms with Crippen LogP contribution in [0.15, 0.2) is 24.3 Å². The monoisotopic (exact) mass is 328 g/mol. The van der Waals surface area contributed by atoms with Gasteiger partial charge in [-0.15, -0.1) is 0 Å². The fourth-order valence-electron chi connectivity index (χ4n) is 2.48. The van der Waals surface area contributed by atoms with E-state index in [9.17, 15) is 17.6 Å². The van der Waals surface area contributed by atoms with E-state index in [1.165, 1.54) is 24.3 Å². The first-order valence-electron chi connectivity index (χ1n) is 7.33. The zero-order valence-electron chi connectivity index (χ0n) is 12.7.